The van der Waals surface area contributed by atoms with Crippen molar-refractivity contribution in [2.45, 2.75) is 169 Å². The zero-order valence-corrected chi connectivity index (χ0v) is 34.9. The van der Waals surface area contributed by atoms with Crippen molar-refractivity contribution < 1.29 is 19.8 Å². The van der Waals surface area contributed by atoms with Gasteiger partial charge in [0, 0.05) is 37.4 Å². The summed E-state index contributed by atoms with van der Waals surface area (Å²) in [6.07, 6.45) is 30.8. The molecule has 8 nitrogen and oxygen atoms in total. The molecule has 0 aliphatic heterocycles. The molecule has 3 rings (SSSR count). The largest absolute Gasteiger partial charge is 0.505 e. The van der Waals surface area contributed by atoms with E-state index in [9.17, 15) is 19.8 Å². The number of unbranched alkanes of at least 4 members (excludes halogenated alkanes) is 18. The van der Waals surface area contributed by atoms with Crippen LogP contribution in [0.25, 0.3) is 0 Å². The summed E-state index contributed by atoms with van der Waals surface area (Å²) >= 11 is 0. The summed E-state index contributed by atoms with van der Waals surface area (Å²) in [6.45, 7) is 7.34. The predicted molar refractivity (Wildman–Crippen MR) is 237 cm³/mol. The number of aromatic hydroxyl groups is 2. The lowest BCUT2D eigenvalue weighted by molar-refractivity contribution is -0.115. The molecular weight excluding hydrogens is 697 g/mol. The maximum atomic E-state index is 11.7. The van der Waals surface area contributed by atoms with E-state index in [0.717, 1.165) is 25.7 Å². The third-order valence-electron chi connectivity index (χ3n) is 10.3. The minimum absolute atomic E-state index is 0.0561. The van der Waals surface area contributed by atoms with E-state index in [0.29, 0.717) is 33.9 Å². The zero-order valence-electron chi connectivity index (χ0n) is 34.9. The highest BCUT2D eigenvalue weighted by atomic mass is 16.3. The van der Waals surface area contributed by atoms with Crippen LogP contribution in [-0.2, 0) is 22.4 Å². The zero-order chi connectivity index (χ0) is 40.4. The van der Waals surface area contributed by atoms with Gasteiger partial charge in [-0.3, -0.25) is 19.6 Å². The summed E-state index contributed by atoms with van der Waals surface area (Å²) in [7, 11) is 0. The summed E-state index contributed by atoms with van der Waals surface area (Å²) in [5, 5.41) is 27.2. The molecule has 0 bridgehead atoms. The number of carbonyl (C=O) groups is 2. The second kappa shape index (κ2) is 27.2. The minimum Gasteiger partial charge on any atom is -0.505 e. The fourth-order valence-corrected chi connectivity index (χ4v) is 7.13. The predicted octanol–water partition coefficient (Wildman–Crippen LogP) is 13.4. The van der Waals surface area contributed by atoms with Crippen LogP contribution in [0.5, 0.6) is 11.5 Å². The highest BCUT2D eigenvalue weighted by molar-refractivity contribution is 5.96. The molecule has 306 valence electrons. The number of aliphatic imine (C=N–C) groups is 2. The maximum Gasteiger partial charge on any atom is 0.221 e. The van der Waals surface area contributed by atoms with Crippen molar-refractivity contribution in [2.24, 2.45) is 9.98 Å². The van der Waals surface area contributed by atoms with Crippen molar-refractivity contribution in [1.29, 1.82) is 0 Å². The lowest BCUT2D eigenvalue weighted by atomic mass is 9.94. The number of amides is 2. The van der Waals surface area contributed by atoms with Crippen molar-refractivity contribution >= 4 is 47.0 Å². The van der Waals surface area contributed by atoms with E-state index in [1.807, 2.05) is 0 Å². The maximum absolute atomic E-state index is 11.7. The first-order valence-corrected chi connectivity index (χ1v) is 21.7. The monoisotopic (exact) mass is 767 g/mol. The molecule has 56 heavy (non-hydrogen) atoms. The molecule has 0 unspecified atom stereocenters. The van der Waals surface area contributed by atoms with Crippen LogP contribution in [0.4, 0.5) is 22.7 Å². The Hall–Kier alpha value is -4.46. The van der Waals surface area contributed by atoms with Gasteiger partial charge < -0.3 is 20.8 Å². The second-order valence-electron chi connectivity index (χ2n) is 15.3. The average molecular weight is 767 g/mol. The van der Waals surface area contributed by atoms with Gasteiger partial charge in [0.15, 0.2) is 0 Å². The van der Waals surface area contributed by atoms with Crippen LogP contribution < -0.4 is 10.6 Å². The number of rotatable bonds is 28. The Morgan fingerprint density at radius 2 is 0.839 bits per heavy atom. The number of hydrogen-bond acceptors (Lipinski definition) is 6. The SMILES string of the molecule is CCCCCCCCCCCCc1cc(N=Cc2cccc(NC(C)=O)c2O)c(N=Cc2cccc(NC(C)=O)c2O)cc1CCCCCCCCCCCC. The van der Waals surface area contributed by atoms with Crippen LogP contribution in [-0.4, -0.2) is 34.5 Å². The Bertz CT molecular complexity index is 1560. The number of aryl methyl sites for hydroxylation is 2. The molecule has 0 saturated carbocycles. The lowest BCUT2D eigenvalue weighted by Gasteiger charge is -2.14. The second-order valence-corrected chi connectivity index (χ2v) is 15.3. The van der Waals surface area contributed by atoms with Gasteiger partial charge in [-0.25, -0.2) is 0 Å². The Morgan fingerprint density at radius 3 is 1.16 bits per heavy atom. The first kappa shape index (κ1) is 45.9. The third kappa shape index (κ3) is 17.6. The average Bonchev–Trinajstić information content (AvgIpc) is 3.17. The molecule has 0 heterocycles. The fraction of sp³-hybridized carbons (Fsp3) is 0.542. The molecule has 4 N–H and O–H groups in total. The lowest BCUT2D eigenvalue weighted by Crippen LogP contribution is -2.06. The van der Waals surface area contributed by atoms with E-state index in [-0.39, 0.29) is 23.3 Å². The number of benzene rings is 3. The molecule has 0 saturated heterocycles. The molecule has 0 fully saturated rings. The molecule has 0 aliphatic carbocycles. The smallest absolute Gasteiger partial charge is 0.221 e. The molecule has 0 radical (unpaired) electrons. The van der Waals surface area contributed by atoms with Gasteiger partial charge in [0.05, 0.1) is 22.7 Å². The summed E-state index contributed by atoms with van der Waals surface area (Å²) in [5.41, 5.74) is 5.44. The van der Waals surface area contributed by atoms with Crippen LogP contribution in [0.3, 0.4) is 0 Å². The molecule has 8 heteroatoms. The fourth-order valence-electron chi connectivity index (χ4n) is 7.13. The quantitative estimate of drug-likeness (QED) is 0.0334. The first-order valence-electron chi connectivity index (χ1n) is 21.7. The van der Waals surface area contributed by atoms with Crippen LogP contribution in [0, 0.1) is 0 Å². The van der Waals surface area contributed by atoms with Crippen molar-refractivity contribution in [1.82, 2.24) is 0 Å². The van der Waals surface area contributed by atoms with E-state index >= 15 is 0 Å². The number of carbonyl (C=O) groups excluding carboxylic acids is 2. The number of hydrogen-bond donors (Lipinski definition) is 4. The topological polar surface area (TPSA) is 123 Å². The van der Waals surface area contributed by atoms with Gasteiger partial charge in [-0.2, -0.15) is 0 Å². The summed E-state index contributed by atoms with van der Waals surface area (Å²) in [6, 6.07) is 14.6. The van der Waals surface area contributed by atoms with Crippen molar-refractivity contribution in [2.75, 3.05) is 10.6 Å². The minimum atomic E-state index is -0.272. The van der Waals surface area contributed by atoms with Gasteiger partial charge in [-0.1, -0.05) is 142 Å². The van der Waals surface area contributed by atoms with Crippen molar-refractivity contribution in [3.05, 3.63) is 70.8 Å². The van der Waals surface area contributed by atoms with Gasteiger partial charge >= 0.3 is 0 Å². The molecule has 0 spiro atoms. The van der Waals surface area contributed by atoms with E-state index in [2.05, 4.69) is 36.6 Å². The molecule has 0 aliphatic rings. The van der Waals surface area contributed by atoms with Crippen LogP contribution in [0.2, 0.25) is 0 Å². The standard InChI is InChI=1S/C48H70N4O4/c1-5-7-9-11-13-15-17-19-21-23-27-39-33-45(49-35-41-29-25-31-43(47(41)55)51-37(3)53)46(50-36-42-30-26-32-44(48(42)56)52-38(4)54)34-40(39)28-24-22-20-18-16-14-12-10-8-6-2/h25-26,29-36,55-56H,5-24,27-28H2,1-4H3,(H,51,53)(H,52,54). The Balaban J connectivity index is 1.89. The van der Waals surface area contributed by atoms with Gasteiger partial charge in [0.2, 0.25) is 11.8 Å². The number of phenols is 2. The van der Waals surface area contributed by atoms with E-state index in [1.54, 1.807) is 48.8 Å². The molecule has 2 amide bonds. The van der Waals surface area contributed by atoms with Gasteiger partial charge in [0.1, 0.15) is 11.5 Å². The Labute approximate surface area is 337 Å². The Morgan fingerprint density at radius 1 is 0.518 bits per heavy atom. The summed E-state index contributed by atoms with van der Waals surface area (Å²) in [5.74, 6) is -0.656. The summed E-state index contributed by atoms with van der Waals surface area (Å²) in [4.78, 5) is 33.2. The van der Waals surface area contributed by atoms with Crippen molar-refractivity contribution in [3.8, 4) is 11.5 Å². The number of anilines is 2. The van der Waals surface area contributed by atoms with Crippen LogP contribution >= 0.6 is 0 Å². The third-order valence-corrected chi connectivity index (χ3v) is 10.3. The normalized spacial score (nSPS) is 11.5. The van der Waals surface area contributed by atoms with E-state index < -0.39 is 0 Å². The van der Waals surface area contributed by atoms with E-state index in [4.69, 9.17) is 9.98 Å². The van der Waals surface area contributed by atoms with E-state index in [1.165, 1.54) is 141 Å². The number of nitrogens with one attached hydrogen (secondary N) is 2. The first-order chi connectivity index (χ1) is 27.2. The van der Waals surface area contributed by atoms with Crippen LogP contribution in [0.15, 0.2) is 58.5 Å². The van der Waals surface area contributed by atoms with Gasteiger partial charge in [-0.05, 0) is 73.2 Å². The summed E-state index contributed by atoms with van der Waals surface area (Å²) < 4.78 is 0. The molecule has 3 aromatic rings. The Kier molecular flexibility index (Phi) is 22.3. The van der Waals surface area contributed by atoms with Crippen LogP contribution in [0.1, 0.15) is 178 Å². The molecule has 0 aromatic heterocycles. The molecule has 3 aromatic carbocycles. The number of phenolic OH excluding ortho intramolecular Hbond substituents is 2. The number of para-hydroxylation sites is 2. The highest BCUT2D eigenvalue weighted by Gasteiger charge is 2.13. The number of nitrogens with zero attached hydrogens (tertiary/aromatic N) is 2. The highest BCUT2D eigenvalue weighted by Crippen LogP contribution is 2.35. The van der Waals surface area contributed by atoms with Crippen molar-refractivity contribution in [3.63, 3.8) is 0 Å². The van der Waals surface area contributed by atoms with Gasteiger partial charge in [-0.15, -0.1) is 0 Å². The molecule has 0 atom stereocenters. The molecular formula is C48H70N4O4. The van der Waals surface area contributed by atoms with Gasteiger partial charge in [0.25, 0.3) is 0 Å².